The average molecular weight is 370 g/mol. The van der Waals surface area contributed by atoms with Crippen LogP contribution >= 0.6 is 0 Å². The van der Waals surface area contributed by atoms with Crippen LogP contribution < -0.4 is 0 Å². The maximum Gasteiger partial charge on any atom is 0.269 e. The van der Waals surface area contributed by atoms with Gasteiger partial charge in [0, 0.05) is 30.0 Å². The van der Waals surface area contributed by atoms with Crippen molar-refractivity contribution >= 4 is 11.5 Å². The lowest BCUT2D eigenvalue weighted by molar-refractivity contribution is -0.384. The summed E-state index contributed by atoms with van der Waals surface area (Å²) in [6, 6.07) is 26.6. The fourth-order valence-electron chi connectivity index (χ4n) is 3.30. The second kappa shape index (κ2) is 8.74. The first-order chi connectivity index (χ1) is 13.6. The minimum atomic E-state index is -0.685. The molecule has 28 heavy (non-hydrogen) atoms. The van der Waals surface area contributed by atoms with Crippen molar-refractivity contribution in [2.75, 3.05) is 0 Å². The molecule has 3 rings (SSSR count). The van der Waals surface area contributed by atoms with Gasteiger partial charge in [-0.1, -0.05) is 72.8 Å². The predicted molar refractivity (Wildman–Crippen MR) is 106 cm³/mol. The Hall–Kier alpha value is -3.78. The van der Waals surface area contributed by atoms with Crippen molar-refractivity contribution in [3.63, 3.8) is 0 Å². The number of nitro benzene ring substituents is 1. The fourth-order valence-corrected chi connectivity index (χ4v) is 3.30. The van der Waals surface area contributed by atoms with Crippen molar-refractivity contribution in [3.05, 3.63) is 112 Å². The molecule has 2 atom stereocenters. The normalized spacial score (nSPS) is 12.5. The van der Waals surface area contributed by atoms with E-state index in [0.717, 1.165) is 5.56 Å². The summed E-state index contributed by atoms with van der Waals surface area (Å²) in [5, 5.41) is 21.0. The summed E-state index contributed by atoms with van der Waals surface area (Å²) in [5.41, 5.74) is 1.90. The van der Waals surface area contributed by atoms with Crippen molar-refractivity contribution in [2.45, 2.75) is 18.3 Å². The number of hydrogen-bond acceptors (Lipinski definition) is 4. The number of Topliss-reactive ketones (excluding diaryl/α,β-unsaturated/α-hetero) is 1. The molecule has 0 aliphatic heterocycles. The van der Waals surface area contributed by atoms with Gasteiger partial charge in [-0.2, -0.15) is 5.26 Å². The molecule has 0 saturated heterocycles. The van der Waals surface area contributed by atoms with Gasteiger partial charge >= 0.3 is 0 Å². The second-order valence-corrected chi connectivity index (χ2v) is 6.47. The number of nitro groups is 1. The van der Waals surface area contributed by atoms with Gasteiger partial charge < -0.3 is 0 Å². The smallest absolute Gasteiger partial charge is 0.269 e. The van der Waals surface area contributed by atoms with E-state index in [1.54, 1.807) is 36.4 Å². The Kier molecular flexibility index (Phi) is 5.93. The van der Waals surface area contributed by atoms with Crippen LogP contribution in [0.3, 0.4) is 0 Å². The summed E-state index contributed by atoms with van der Waals surface area (Å²) < 4.78 is 0. The summed E-state index contributed by atoms with van der Waals surface area (Å²) >= 11 is 0. The molecule has 0 unspecified atom stereocenters. The van der Waals surface area contributed by atoms with Gasteiger partial charge in [0.05, 0.1) is 16.9 Å². The number of ketones is 1. The predicted octanol–water partition coefficient (Wildman–Crippen LogP) is 5.26. The standard InChI is InChI=1S/C23H18N2O3/c24-16-22(19-12-7-13-20(14-19)25(27)28)21(17-8-3-1-4-9-17)15-23(26)18-10-5-2-6-11-18/h1-14,21-22H,15H2/t21-,22-/m1/s1. The van der Waals surface area contributed by atoms with Crippen LogP contribution in [0.4, 0.5) is 5.69 Å². The minimum Gasteiger partial charge on any atom is -0.294 e. The van der Waals surface area contributed by atoms with Gasteiger partial charge in [-0.3, -0.25) is 14.9 Å². The molecule has 0 aliphatic carbocycles. The van der Waals surface area contributed by atoms with Gasteiger partial charge in [0.1, 0.15) is 0 Å². The highest BCUT2D eigenvalue weighted by Gasteiger charge is 2.28. The van der Waals surface area contributed by atoms with E-state index in [2.05, 4.69) is 6.07 Å². The second-order valence-electron chi connectivity index (χ2n) is 6.47. The molecular weight excluding hydrogens is 352 g/mol. The summed E-state index contributed by atoms with van der Waals surface area (Å²) in [5.74, 6) is -1.17. The van der Waals surface area contributed by atoms with E-state index in [1.807, 2.05) is 36.4 Å². The summed E-state index contributed by atoms with van der Waals surface area (Å²) in [6.45, 7) is 0. The SMILES string of the molecule is N#C[C@H](c1cccc([N+](=O)[O-])c1)[C@H](CC(=O)c1ccccc1)c1ccccc1. The molecule has 0 N–H and O–H groups in total. The molecule has 0 spiro atoms. The quantitative estimate of drug-likeness (QED) is 0.323. The minimum absolute atomic E-state index is 0.0693. The summed E-state index contributed by atoms with van der Waals surface area (Å²) in [7, 11) is 0. The zero-order valence-corrected chi connectivity index (χ0v) is 15.1. The van der Waals surface area contributed by atoms with E-state index >= 15 is 0 Å². The van der Waals surface area contributed by atoms with Crippen LogP contribution in [0.15, 0.2) is 84.9 Å². The van der Waals surface area contributed by atoms with Crippen molar-refractivity contribution in [3.8, 4) is 6.07 Å². The molecule has 5 heteroatoms. The van der Waals surface area contributed by atoms with E-state index in [0.29, 0.717) is 11.1 Å². The van der Waals surface area contributed by atoms with E-state index in [4.69, 9.17) is 0 Å². The molecule has 138 valence electrons. The number of carbonyl (C=O) groups excluding carboxylic acids is 1. The maximum atomic E-state index is 12.8. The summed E-state index contributed by atoms with van der Waals surface area (Å²) in [4.78, 5) is 23.5. The van der Waals surface area contributed by atoms with Crippen molar-refractivity contribution in [2.24, 2.45) is 0 Å². The lowest BCUT2D eigenvalue weighted by Crippen LogP contribution is -2.15. The molecule has 0 bridgehead atoms. The fraction of sp³-hybridized carbons (Fsp3) is 0.130. The first-order valence-corrected chi connectivity index (χ1v) is 8.87. The number of non-ortho nitro benzene ring substituents is 1. The van der Waals surface area contributed by atoms with Crippen LogP contribution in [0.2, 0.25) is 0 Å². The van der Waals surface area contributed by atoms with E-state index < -0.39 is 16.8 Å². The molecule has 0 fully saturated rings. The van der Waals surface area contributed by atoms with E-state index in [-0.39, 0.29) is 17.9 Å². The van der Waals surface area contributed by atoms with Gasteiger partial charge in [-0.15, -0.1) is 0 Å². The van der Waals surface area contributed by atoms with Crippen LogP contribution in [0.1, 0.15) is 39.7 Å². The van der Waals surface area contributed by atoms with Crippen LogP contribution in [0.5, 0.6) is 0 Å². The van der Waals surface area contributed by atoms with Gasteiger partial charge in [0.2, 0.25) is 0 Å². The Morgan fingerprint density at radius 3 is 2.14 bits per heavy atom. The molecule has 3 aromatic carbocycles. The first-order valence-electron chi connectivity index (χ1n) is 8.87. The monoisotopic (exact) mass is 370 g/mol. The van der Waals surface area contributed by atoms with Gasteiger partial charge in [0.15, 0.2) is 5.78 Å². The largest absolute Gasteiger partial charge is 0.294 e. The molecule has 5 nitrogen and oxygen atoms in total. The zero-order chi connectivity index (χ0) is 19.9. The number of carbonyl (C=O) groups is 1. The number of benzene rings is 3. The topological polar surface area (TPSA) is 84.0 Å². The highest BCUT2D eigenvalue weighted by molar-refractivity contribution is 5.96. The van der Waals surface area contributed by atoms with Crippen LogP contribution in [-0.2, 0) is 0 Å². The number of nitrogens with zero attached hydrogens (tertiary/aromatic N) is 2. The third-order valence-electron chi connectivity index (χ3n) is 4.71. The Bertz CT molecular complexity index is 1010. The molecule has 0 radical (unpaired) electrons. The van der Waals surface area contributed by atoms with Crippen LogP contribution in [0, 0.1) is 21.4 Å². The lowest BCUT2D eigenvalue weighted by atomic mass is 9.78. The Morgan fingerprint density at radius 1 is 0.929 bits per heavy atom. The van der Waals surface area contributed by atoms with E-state index in [1.165, 1.54) is 12.1 Å². The van der Waals surface area contributed by atoms with Crippen molar-refractivity contribution in [1.29, 1.82) is 5.26 Å². The molecule has 3 aromatic rings. The third kappa shape index (κ3) is 4.30. The van der Waals surface area contributed by atoms with Gasteiger partial charge in [-0.25, -0.2) is 0 Å². The van der Waals surface area contributed by atoms with Gasteiger partial charge in [-0.05, 0) is 11.1 Å². The Labute approximate surface area is 163 Å². The zero-order valence-electron chi connectivity index (χ0n) is 15.1. The highest BCUT2D eigenvalue weighted by Crippen LogP contribution is 2.37. The van der Waals surface area contributed by atoms with E-state index in [9.17, 15) is 20.2 Å². The van der Waals surface area contributed by atoms with Crippen molar-refractivity contribution < 1.29 is 9.72 Å². The average Bonchev–Trinajstić information content (AvgIpc) is 2.75. The molecule has 0 aliphatic rings. The van der Waals surface area contributed by atoms with Crippen LogP contribution in [0.25, 0.3) is 0 Å². The van der Waals surface area contributed by atoms with Crippen molar-refractivity contribution in [1.82, 2.24) is 0 Å². The molecule has 0 heterocycles. The third-order valence-corrected chi connectivity index (χ3v) is 4.71. The number of nitriles is 1. The summed E-state index contributed by atoms with van der Waals surface area (Å²) in [6.07, 6.45) is 0.134. The Balaban J connectivity index is 2.00. The van der Waals surface area contributed by atoms with Gasteiger partial charge in [0.25, 0.3) is 5.69 Å². The lowest BCUT2D eigenvalue weighted by Gasteiger charge is -2.22. The molecule has 0 aromatic heterocycles. The first kappa shape index (κ1) is 19.0. The molecule has 0 saturated carbocycles. The van der Waals surface area contributed by atoms with Crippen LogP contribution in [-0.4, -0.2) is 10.7 Å². The maximum absolute atomic E-state index is 12.8. The molecule has 0 amide bonds. The Morgan fingerprint density at radius 2 is 1.54 bits per heavy atom. The highest BCUT2D eigenvalue weighted by atomic mass is 16.6. The number of hydrogen-bond donors (Lipinski definition) is 0. The number of rotatable bonds is 7. The molecular formula is C23H18N2O3.